The van der Waals surface area contributed by atoms with Gasteiger partial charge in [0.25, 0.3) is 5.91 Å². The highest BCUT2D eigenvalue weighted by Gasteiger charge is 2.14. The van der Waals surface area contributed by atoms with E-state index in [1.165, 1.54) is 0 Å². The standard InChI is InChI=1S/C21H28N6O2S/c1-5-30-21-25-19(24-14(2)3)17-12-23-27(20(17)26-21)11-10-22-18(28)13-29-16-8-6-15(4)7-9-16/h6-9,12,14H,5,10-11,13H2,1-4H3,(H,22,28)(H,24,25,26). The normalized spacial score (nSPS) is 11.1. The van der Waals surface area contributed by atoms with Crippen molar-refractivity contribution in [1.29, 1.82) is 0 Å². The average Bonchev–Trinajstić information content (AvgIpc) is 3.11. The fourth-order valence-electron chi connectivity index (χ4n) is 2.81. The number of fused-ring (bicyclic) bond motifs is 1. The number of hydrogen-bond acceptors (Lipinski definition) is 7. The summed E-state index contributed by atoms with van der Waals surface area (Å²) < 4.78 is 7.30. The largest absolute Gasteiger partial charge is 0.484 e. The molecule has 160 valence electrons. The Morgan fingerprint density at radius 2 is 2.00 bits per heavy atom. The quantitative estimate of drug-likeness (QED) is 0.378. The summed E-state index contributed by atoms with van der Waals surface area (Å²) in [5.74, 6) is 2.17. The van der Waals surface area contributed by atoms with Crippen molar-refractivity contribution in [3.05, 3.63) is 36.0 Å². The molecule has 3 aromatic rings. The molecule has 0 fully saturated rings. The number of carbonyl (C=O) groups is 1. The van der Waals surface area contributed by atoms with Gasteiger partial charge in [-0.15, -0.1) is 0 Å². The van der Waals surface area contributed by atoms with Crippen molar-refractivity contribution in [1.82, 2.24) is 25.1 Å². The fraction of sp³-hybridized carbons (Fsp3) is 0.429. The lowest BCUT2D eigenvalue weighted by Gasteiger charge is -2.12. The summed E-state index contributed by atoms with van der Waals surface area (Å²) in [7, 11) is 0. The maximum absolute atomic E-state index is 12.1. The molecule has 0 radical (unpaired) electrons. The minimum Gasteiger partial charge on any atom is -0.484 e. The van der Waals surface area contributed by atoms with Gasteiger partial charge in [-0.25, -0.2) is 14.6 Å². The van der Waals surface area contributed by atoms with Gasteiger partial charge in [-0.3, -0.25) is 4.79 Å². The Balaban J connectivity index is 1.60. The van der Waals surface area contributed by atoms with Crippen LogP contribution in [0.4, 0.5) is 5.82 Å². The molecule has 2 heterocycles. The number of aromatic nitrogens is 4. The molecule has 0 aliphatic rings. The zero-order valence-corrected chi connectivity index (χ0v) is 18.6. The Hall–Kier alpha value is -2.81. The average molecular weight is 429 g/mol. The Kier molecular flexibility index (Phi) is 7.51. The summed E-state index contributed by atoms with van der Waals surface area (Å²) in [5, 5.41) is 12.3. The summed E-state index contributed by atoms with van der Waals surface area (Å²) in [6, 6.07) is 7.86. The van der Waals surface area contributed by atoms with Crippen molar-refractivity contribution >= 4 is 34.5 Å². The molecule has 1 amide bonds. The third-order valence-electron chi connectivity index (χ3n) is 4.21. The summed E-state index contributed by atoms with van der Waals surface area (Å²) in [6.07, 6.45) is 1.77. The Labute approximate surface area is 180 Å². The number of nitrogens with zero attached hydrogens (tertiary/aromatic N) is 4. The second-order valence-electron chi connectivity index (χ2n) is 7.14. The van der Waals surface area contributed by atoms with Crippen molar-refractivity contribution in [3.63, 3.8) is 0 Å². The van der Waals surface area contributed by atoms with E-state index < -0.39 is 0 Å². The first-order valence-corrected chi connectivity index (χ1v) is 11.0. The number of nitrogens with one attached hydrogen (secondary N) is 2. The molecule has 30 heavy (non-hydrogen) atoms. The molecule has 0 saturated heterocycles. The summed E-state index contributed by atoms with van der Waals surface area (Å²) >= 11 is 1.59. The molecule has 2 N–H and O–H groups in total. The molecule has 1 aromatic carbocycles. The van der Waals surface area contributed by atoms with Crippen LogP contribution in [-0.4, -0.2) is 50.6 Å². The third kappa shape index (κ3) is 5.85. The van der Waals surface area contributed by atoms with Gasteiger partial charge >= 0.3 is 0 Å². The number of thioether (sulfide) groups is 1. The number of ether oxygens (including phenoxy) is 1. The summed E-state index contributed by atoms with van der Waals surface area (Å²) in [4.78, 5) is 21.3. The lowest BCUT2D eigenvalue weighted by atomic mass is 10.2. The Morgan fingerprint density at radius 3 is 2.70 bits per heavy atom. The van der Waals surface area contributed by atoms with Crippen LogP contribution in [0.1, 0.15) is 26.3 Å². The van der Waals surface area contributed by atoms with Crippen LogP contribution < -0.4 is 15.4 Å². The molecule has 0 spiro atoms. The number of rotatable bonds is 10. The molecule has 0 saturated carbocycles. The van der Waals surface area contributed by atoms with E-state index in [4.69, 9.17) is 4.74 Å². The van der Waals surface area contributed by atoms with Gasteiger partial charge in [0.1, 0.15) is 11.6 Å². The third-order valence-corrected chi connectivity index (χ3v) is 4.94. The molecular formula is C21H28N6O2S. The Morgan fingerprint density at radius 1 is 1.23 bits per heavy atom. The fourth-order valence-corrected chi connectivity index (χ4v) is 3.38. The first-order valence-electron chi connectivity index (χ1n) is 10.0. The number of amides is 1. The monoisotopic (exact) mass is 428 g/mol. The topological polar surface area (TPSA) is 94.0 Å². The zero-order chi connectivity index (χ0) is 21.5. The van der Waals surface area contributed by atoms with Gasteiger partial charge in [0.2, 0.25) is 0 Å². The van der Waals surface area contributed by atoms with Gasteiger partial charge in [-0.1, -0.05) is 36.4 Å². The second kappa shape index (κ2) is 10.3. The molecule has 8 nitrogen and oxygen atoms in total. The first-order chi connectivity index (χ1) is 14.5. The lowest BCUT2D eigenvalue weighted by molar-refractivity contribution is -0.123. The maximum Gasteiger partial charge on any atom is 0.258 e. The molecule has 9 heteroatoms. The van der Waals surface area contributed by atoms with Crippen molar-refractivity contribution in [2.45, 2.75) is 45.4 Å². The van der Waals surface area contributed by atoms with E-state index in [9.17, 15) is 4.79 Å². The van der Waals surface area contributed by atoms with Gasteiger partial charge in [0.05, 0.1) is 18.1 Å². The maximum atomic E-state index is 12.1. The number of hydrogen-bond donors (Lipinski definition) is 2. The summed E-state index contributed by atoms with van der Waals surface area (Å²) in [6.45, 7) is 9.13. The molecule has 0 bridgehead atoms. The highest BCUT2D eigenvalue weighted by Crippen LogP contribution is 2.24. The van der Waals surface area contributed by atoms with Crippen molar-refractivity contribution in [3.8, 4) is 5.75 Å². The van der Waals surface area contributed by atoms with Crippen molar-refractivity contribution in [2.24, 2.45) is 0 Å². The smallest absolute Gasteiger partial charge is 0.258 e. The van der Waals surface area contributed by atoms with Gasteiger partial charge in [-0.2, -0.15) is 5.10 Å². The number of aryl methyl sites for hydroxylation is 1. The van der Waals surface area contributed by atoms with Crippen LogP contribution in [0.3, 0.4) is 0 Å². The van der Waals surface area contributed by atoms with E-state index in [1.807, 2.05) is 31.2 Å². The number of benzene rings is 1. The van der Waals surface area contributed by atoms with E-state index in [1.54, 1.807) is 22.6 Å². The van der Waals surface area contributed by atoms with E-state index in [-0.39, 0.29) is 18.6 Å². The Bertz CT molecular complexity index is 987. The van der Waals surface area contributed by atoms with Gasteiger partial charge in [-0.05, 0) is 38.7 Å². The highest BCUT2D eigenvalue weighted by molar-refractivity contribution is 7.99. The first kappa shape index (κ1) is 21.9. The van der Waals surface area contributed by atoms with Crippen LogP contribution in [0.5, 0.6) is 5.75 Å². The van der Waals surface area contributed by atoms with Crippen LogP contribution in [0.2, 0.25) is 0 Å². The minimum absolute atomic E-state index is 0.0230. The molecule has 0 aliphatic carbocycles. The summed E-state index contributed by atoms with van der Waals surface area (Å²) in [5.41, 5.74) is 1.91. The molecule has 3 rings (SSSR count). The lowest BCUT2D eigenvalue weighted by Crippen LogP contribution is -2.31. The molecule has 0 unspecified atom stereocenters. The predicted molar refractivity (Wildman–Crippen MR) is 120 cm³/mol. The minimum atomic E-state index is -0.175. The highest BCUT2D eigenvalue weighted by atomic mass is 32.2. The van der Waals surface area contributed by atoms with Crippen LogP contribution in [-0.2, 0) is 11.3 Å². The second-order valence-corrected chi connectivity index (χ2v) is 8.37. The molecule has 0 aliphatic heterocycles. The predicted octanol–water partition coefficient (Wildman–Crippen LogP) is 3.26. The SMILES string of the molecule is CCSc1nc(NC(C)C)c2cnn(CCNC(=O)COc3ccc(C)cc3)c2n1. The van der Waals surface area contributed by atoms with E-state index in [0.29, 0.717) is 24.0 Å². The van der Waals surface area contributed by atoms with Crippen LogP contribution >= 0.6 is 11.8 Å². The van der Waals surface area contributed by atoms with E-state index >= 15 is 0 Å². The zero-order valence-electron chi connectivity index (χ0n) is 17.8. The molecule has 2 aromatic heterocycles. The van der Waals surface area contributed by atoms with Crippen molar-refractivity contribution < 1.29 is 9.53 Å². The van der Waals surface area contributed by atoms with E-state index in [2.05, 4.69) is 46.5 Å². The van der Waals surface area contributed by atoms with Gasteiger partial charge < -0.3 is 15.4 Å². The molecular weight excluding hydrogens is 400 g/mol. The van der Waals surface area contributed by atoms with Crippen LogP contribution in [0.25, 0.3) is 11.0 Å². The van der Waals surface area contributed by atoms with Crippen LogP contribution in [0, 0.1) is 6.92 Å². The van der Waals surface area contributed by atoms with Gasteiger partial charge in [0.15, 0.2) is 17.4 Å². The van der Waals surface area contributed by atoms with E-state index in [0.717, 1.165) is 28.2 Å². The van der Waals surface area contributed by atoms with Gasteiger partial charge in [0, 0.05) is 12.6 Å². The molecule has 0 atom stereocenters. The van der Waals surface area contributed by atoms with Crippen LogP contribution in [0.15, 0.2) is 35.6 Å². The number of carbonyl (C=O) groups excluding carboxylic acids is 1. The number of anilines is 1. The van der Waals surface area contributed by atoms with Crippen molar-refractivity contribution in [2.75, 3.05) is 24.2 Å².